The number of anilines is 1. The van der Waals surface area contributed by atoms with Crippen molar-refractivity contribution < 1.29 is 4.79 Å². The van der Waals surface area contributed by atoms with Gasteiger partial charge in [-0.15, -0.1) is 0 Å². The molecule has 0 saturated carbocycles. The summed E-state index contributed by atoms with van der Waals surface area (Å²) in [5.74, 6) is -0.208. The van der Waals surface area contributed by atoms with Crippen molar-refractivity contribution in [3.8, 4) is 0 Å². The molecular formula is C13H9ClN4O. The summed E-state index contributed by atoms with van der Waals surface area (Å²) in [6.45, 7) is 0. The fourth-order valence-corrected chi connectivity index (χ4v) is 1.84. The Bertz CT molecular complexity index is 736. The van der Waals surface area contributed by atoms with Crippen molar-refractivity contribution in [3.05, 3.63) is 53.4 Å². The van der Waals surface area contributed by atoms with E-state index >= 15 is 0 Å². The van der Waals surface area contributed by atoms with Gasteiger partial charge in [-0.2, -0.15) is 5.10 Å². The Hall–Kier alpha value is -2.40. The lowest BCUT2D eigenvalue weighted by molar-refractivity contribution is 0.102. The van der Waals surface area contributed by atoms with Crippen LogP contribution < -0.4 is 5.32 Å². The summed E-state index contributed by atoms with van der Waals surface area (Å²) < 4.78 is 0. The zero-order valence-corrected chi connectivity index (χ0v) is 10.5. The number of hydrogen-bond acceptors (Lipinski definition) is 3. The van der Waals surface area contributed by atoms with Crippen LogP contribution in [-0.4, -0.2) is 21.1 Å². The van der Waals surface area contributed by atoms with Crippen LogP contribution in [0.1, 0.15) is 10.4 Å². The maximum atomic E-state index is 12.1. The number of aromatic nitrogens is 3. The summed E-state index contributed by atoms with van der Waals surface area (Å²) in [5.41, 5.74) is 1.97. The van der Waals surface area contributed by atoms with E-state index in [1.165, 1.54) is 6.20 Å². The Morgan fingerprint density at radius 2 is 2.11 bits per heavy atom. The molecule has 2 N–H and O–H groups in total. The number of rotatable bonds is 2. The highest BCUT2D eigenvalue weighted by molar-refractivity contribution is 6.29. The summed E-state index contributed by atoms with van der Waals surface area (Å²) in [7, 11) is 0. The Balaban J connectivity index is 1.84. The average molecular weight is 273 g/mol. The molecule has 0 atom stereocenters. The van der Waals surface area contributed by atoms with Crippen LogP contribution in [0.3, 0.4) is 0 Å². The van der Waals surface area contributed by atoms with Gasteiger partial charge >= 0.3 is 0 Å². The van der Waals surface area contributed by atoms with Gasteiger partial charge < -0.3 is 5.32 Å². The summed E-state index contributed by atoms with van der Waals surface area (Å²) in [5, 5.41) is 10.8. The van der Waals surface area contributed by atoms with Crippen LogP contribution in [0, 0.1) is 0 Å². The minimum absolute atomic E-state index is 0.208. The van der Waals surface area contributed by atoms with Crippen LogP contribution in [0.2, 0.25) is 5.15 Å². The molecule has 0 saturated heterocycles. The van der Waals surface area contributed by atoms with Crippen LogP contribution >= 0.6 is 11.6 Å². The van der Waals surface area contributed by atoms with Gasteiger partial charge in [-0.25, -0.2) is 4.98 Å². The van der Waals surface area contributed by atoms with Crippen molar-refractivity contribution in [3.63, 3.8) is 0 Å². The number of nitrogens with zero attached hydrogens (tertiary/aromatic N) is 2. The number of pyridine rings is 1. The number of amides is 1. The van der Waals surface area contributed by atoms with E-state index in [1.807, 2.05) is 6.07 Å². The molecule has 2 heterocycles. The van der Waals surface area contributed by atoms with Crippen molar-refractivity contribution >= 4 is 34.1 Å². The maximum Gasteiger partial charge on any atom is 0.255 e. The van der Waals surface area contributed by atoms with Gasteiger partial charge in [0.1, 0.15) is 5.15 Å². The second-order valence-electron chi connectivity index (χ2n) is 4.00. The van der Waals surface area contributed by atoms with E-state index in [0.717, 1.165) is 10.9 Å². The zero-order chi connectivity index (χ0) is 13.2. The highest BCUT2D eigenvalue weighted by Crippen LogP contribution is 2.15. The lowest BCUT2D eigenvalue weighted by Crippen LogP contribution is -2.11. The minimum Gasteiger partial charge on any atom is -0.321 e. The standard InChI is InChI=1S/C13H9ClN4O/c14-12-4-3-10(7-15-12)17-13(19)8-1-2-9-6-16-18-11(9)5-8/h1-7H,(H,16,18)(H,17,19). The van der Waals surface area contributed by atoms with E-state index < -0.39 is 0 Å². The summed E-state index contributed by atoms with van der Waals surface area (Å²) in [4.78, 5) is 16.0. The molecule has 0 spiro atoms. The van der Waals surface area contributed by atoms with Gasteiger partial charge in [0, 0.05) is 10.9 Å². The number of fused-ring (bicyclic) bond motifs is 1. The van der Waals surface area contributed by atoms with E-state index in [-0.39, 0.29) is 5.91 Å². The molecule has 0 bridgehead atoms. The van der Waals surface area contributed by atoms with Crippen molar-refractivity contribution in [2.24, 2.45) is 0 Å². The van der Waals surface area contributed by atoms with Crippen LogP contribution in [0.25, 0.3) is 10.9 Å². The molecule has 2 aromatic heterocycles. The molecular weight excluding hydrogens is 264 g/mol. The van der Waals surface area contributed by atoms with E-state index in [2.05, 4.69) is 20.5 Å². The molecule has 0 radical (unpaired) electrons. The minimum atomic E-state index is -0.208. The summed E-state index contributed by atoms with van der Waals surface area (Å²) >= 11 is 5.68. The molecule has 3 aromatic rings. The maximum absolute atomic E-state index is 12.1. The second-order valence-corrected chi connectivity index (χ2v) is 4.38. The Morgan fingerprint density at radius 3 is 2.89 bits per heavy atom. The summed E-state index contributed by atoms with van der Waals surface area (Å²) in [6, 6.07) is 8.66. The van der Waals surface area contributed by atoms with Gasteiger partial charge in [-0.05, 0) is 24.3 Å². The first-order chi connectivity index (χ1) is 9.22. The number of benzene rings is 1. The molecule has 0 aliphatic carbocycles. The fourth-order valence-electron chi connectivity index (χ4n) is 1.73. The lowest BCUT2D eigenvalue weighted by Gasteiger charge is -2.04. The third-order valence-corrected chi connectivity index (χ3v) is 2.91. The SMILES string of the molecule is O=C(Nc1ccc(Cl)nc1)c1ccc2cn[nH]c2c1. The van der Waals surface area contributed by atoms with E-state index in [0.29, 0.717) is 16.4 Å². The first-order valence-electron chi connectivity index (χ1n) is 5.58. The quantitative estimate of drug-likeness (QED) is 0.705. The molecule has 0 fully saturated rings. The monoisotopic (exact) mass is 272 g/mol. The van der Waals surface area contributed by atoms with Gasteiger partial charge in [0.05, 0.1) is 23.6 Å². The van der Waals surface area contributed by atoms with Gasteiger partial charge in [-0.3, -0.25) is 9.89 Å². The van der Waals surface area contributed by atoms with Gasteiger partial charge in [0.15, 0.2) is 0 Å². The normalized spacial score (nSPS) is 10.6. The number of carbonyl (C=O) groups excluding carboxylic acids is 1. The molecule has 94 valence electrons. The Labute approximate surface area is 113 Å². The van der Waals surface area contributed by atoms with Crippen LogP contribution in [0.5, 0.6) is 0 Å². The summed E-state index contributed by atoms with van der Waals surface area (Å²) in [6.07, 6.45) is 3.22. The van der Waals surface area contributed by atoms with Gasteiger partial charge in [0.25, 0.3) is 5.91 Å². The molecule has 1 amide bonds. The van der Waals surface area contributed by atoms with E-state index in [9.17, 15) is 4.79 Å². The van der Waals surface area contributed by atoms with Gasteiger partial charge in [-0.1, -0.05) is 17.7 Å². The predicted molar refractivity (Wildman–Crippen MR) is 73.3 cm³/mol. The van der Waals surface area contributed by atoms with E-state index in [4.69, 9.17) is 11.6 Å². The van der Waals surface area contributed by atoms with Crippen LogP contribution in [0.15, 0.2) is 42.7 Å². The van der Waals surface area contributed by atoms with Crippen molar-refractivity contribution in [1.82, 2.24) is 15.2 Å². The Morgan fingerprint density at radius 1 is 1.21 bits per heavy atom. The third kappa shape index (κ3) is 2.41. The first kappa shape index (κ1) is 11.7. The van der Waals surface area contributed by atoms with Crippen molar-refractivity contribution in [1.29, 1.82) is 0 Å². The number of carbonyl (C=O) groups is 1. The highest BCUT2D eigenvalue weighted by atomic mass is 35.5. The second kappa shape index (κ2) is 4.70. The molecule has 6 heteroatoms. The average Bonchev–Trinajstić information content (AvgIpc) is 2.88. The molecule has 0 unspecified atom stereocenters. The zero-order valence-electron chi connectivity index (χ0n) is 9.72. The number of nitrogens with one attached hydrogen (secondary N) is 2. The highest BCUT2D eigenvalue weighted by Gasteiger charge is 2.07. The molecule has 0 aliphatic heterocycles. The number of aromatic amines is 1. The lowest BCUT2D eigenvalue weighted by atomic mass is 10.1. The smallest absolute Gasteiger partial charge is 0.255 e. The Kier molecular flexibility index (Phi) is 2.89. The van der Waals surface area contributed by atoms with Crippen LogP contribution in [0.4, 0.5) is 5.69 Å². The molecule has 19 heavy (non-hydrogen) atoms. The molecule has 3 rings (SSSR count). The van der Waals surface area contributed by atoms with Crippen molar-refractivity contribution in [2.45, 2.75) is 0 Å². The van der Waals surface area contributed by atoms with Crippen LogP contribution in [-0.2, 0) is 0 Å². The van der Waals surface area contributed by atoms with Crippen molar-refractivity contribution in [2.75, 3.05) is 5.32 Å². The molecule has 1 aromatic carbocycles. The number of H-pyrrole nitrogens is 1. The first-order valence-corrected chi connectivity index (χ1v) is 5.96. The fraction of sp³-hybridized carbons (Fsp3) is 0. The molecule has 5 nitrogen and oxygen atoms in total. The topological polar surface area (TPSA) is 70.7 Å². The number of halogens is 1. The largest absolute Gasteiger partial charge is 0.321 e. The number of hydrogen-bond donors (Lipinski definition) is 2. The third-order valence-electron chi connectivity index (χ3n) is 2.69. The van der Waals surface area contributed by atoms with Gasteiger partial charge in [0.2, 0.25) is 0 Å². The predicted octanol–water partition coefficient (Wildman–Crippen LogP) is 2.86. The van der Waals surface area contributed by atoms with E-state index in [1.54, 1.807) is 30.5 Å². The molecule has 0 aliphatic rings.